The van der Waals surface area contributed by atoms with Gasteiger partial charge in [-0.3, -0.25) is 14.9 Å². The second-order valence-corrected chi connectivity index (χ2v) is 3.23. The molecule has 0 unspecified atom stereocenters. The highest BCUT2D eigenvalue weighted by Crippen LogP contribution is 2.24. The lowest BCUT2D eigenvalue weighted by atomic mass is 10.1. The van der Waals surface area contributed by atoms with Gasteiger partial charge in [0.15, 0.2) is 0 Å². The van der Waals surface area contributed by atoms with Crippen molar-refractivity contribution >= 4 is 23.6 Å². The van der Waals surface area contributed by atoms with E-state index >= 15 is 0 Å². The highest BCUT2D eigenvalue weighted by molar-refractivity contribution is 6.04. The molecule has 0 saturated carbocycles. The Bertz CT molecular complexity index is 567. The molecule has 9 heteroatoms. The maximum absolute atomic E-state index is 11.5. The molecular formula is C10H8N2O7. The zero-order valence-electron chi connectivity index (χ0n) is 9.36. The highest BCUT2D eigenvalue weighted by atomic mass is 16.6. The molecular weight excluding hydrogens is 260 g/mol. The first-order valence-electron chi connectivity index (χ1n) is 4.84. The van der Waals surface area contributed by atoms with Crippen LogP contribution in [0.1, 0.15) is 20.7 Å². The van der Waals surface area contributed by atoms with E-state index in [0.29, 0.717) is 0 Å². The number of carboxylic acid groups (broad SMARTS) is 1. The number of nitro benzene ring substituents is 1. The number of ether oxygens (including phenoxy) is 1. The van der Waals surface area contributed by atoms with Crippen molar-refractivity contribution in [3.8, 4) is 0 Å². The first-order chi connectivity index (χ1) is 8.88. The molecule has 0 radical (unpaired) electrons. The fourth-order valence-electron chi connectivity index (χ4n) is 1.28. The smallest absolute Gasteiger partial charge is 0.352 e. The summed E-state index contributed by atoms with van der Waals surface area (Å²) in [5, 5.41) is 19.6. The van der Waals surface area contributed by atoms with Crippen molar-refractivity contribution in [2.75, 3.05) is 6.54 Å². The van der Waals surface area contributed by atoms with Gasteiger partial charge in [0.2, 0.25) is 0 Å². The molecule has 0 bridgehead atoms. The van der Waals surface area contributed by atoms with Crippen LogP contribution in [0.5, 0.6) is 0 Å². The molecule has 1 aromatic carbocycles. The molecule has 0 heterocycles. The number of hydrogen-bond donors (Lipinski definition) is 2. The number of carbonyl (C=O) groups excluding carboxylic acids is 2. The van der Waals surface area contributed by atoms with Gasteiger partial charge in [-0.05, 0) is 12.1 Å². The number of esters is 2. The highest BCUT2D eigenvalue weighted by Gasteiger charge is 2.29. The largest absolute Gasteiger partial charge is 0.477 e. The predicted molar refractivity (Wildman–Crippen MR) is 59.5 cm³/mol. The number of para-hydroxylation sites is 1. The lowest BCUT2D eigenvalue weighted by Gasteiger charge is -2.04. The molecule has 1 aromatic rings. The Morgan fingerprint density at radius 1 is 1.32 bits per heavy atom. The lowest BCUT2D eigenvalue weighted by molar-refractivity contribution is -0.385. The van der Waals surface area contributed by atoms with Crippen LogP contribution in [0.4, 0.5) is 5.69 Å². The van der Waals surface area contributed by atoms with Crippen LogP contribution in [-0.4, -0.2) is 34.5 Å². The monoisotopic (exact) mass is 268 g/mol. The Balaban J connectivity index is 3.31. The van der Waals surface area contributed by atoms with Crippen LogP contribution < -0.4 is 5.73 Å². The van der Waals surface area contributed by atoms with Crippen LogP contribution in [0.2, 0.25) is 0 Å². The van der Waals surface area contributed by atoms with Crippen LogP contribution in [0, 0.1) is 10.1 Å². The molecule has 19 heavy (non-hydrogen) atoms. The van der Waals surface area contributed by atoms with Gasteiger partial charge in [0.05, 0.1) is 11.5 Å². The van der Waals surface area contributed by atoms with E-state index < -0.39 is 46.2 Å². The van der Waals surface area contributed by atoms with E-state index in [4.69, 9.17) is 10.8 Å². The van der Waals surface area contributed by atoms with Crippen LogP contribution in [0.15, 0.2) is 18.2 Å². The number of hydrogen-bond acceptors (Lipinski definition) is 7. The summed E-state index contributed by atoms with van der Waals surface area (Å²) < 4.78 is 4.21. The SMILES string of the molecule is NCC(=O)OC(=O)c1cccc(C(=O)O)c1[N+](=O)[O-]. The fraction of sp³-hybridized carbons (Fsp3) is 0.100. The average Bonchev–Trinajstić information content (AvgIpc) is 2.37. The van der Waals surface area contributed by atoms with Crippen LogP contribution in [0.3, 0.4) is 0 Å². The minimum absolute atomic E-state index is 0.585. The van der Waals surface area contributed by atoms with Crippen molar-refractivity contribution in [2.24, 2.45) is 5.73 Å². The molecule has 0 spiro atoms. The van der Waals surface area contributed by atoms with Gasteiger partial charge < -0.3 is 15.6 Å². The molecule has 0 aliphatic carbocycles. The Morgan fingerprint density at radius 2 is 1.89 bits per heavy atom. The number of aromatic carboxylic acids is 1. The van der Waals surface area contributed by atoms with E-state index in [0.717, 1.165) is 18.2 Å². The number of rotatable bonds is 4. The van der Waals surface area contributed by atoms with Crippen LogP contribution >= 0.6 is 0 Å². The van der Waals surface area contributed by atoms with Crippen molar-refractivity contribution in [2.45, 2.75) is 0 Å². The Labute approximate surface area is 105 Å². The molecule has 0 aromatic heterocycles. The van der Waals surface area contributed by atoms with Crippen LogP contribution in [0.25, 0.3) is 0 Å². The molecule has 0 saturated heterocycles. The third-order valence-corrected chi connectivity index (χ3v) is 2.04. The summed E-state index contributed by atoms with van der Waals surface area (Å²) >= 11 is 0. The number of nitrogens with zero attached hydrogens (tertiary/aromatic N) is 1. The van der Waals surface area contributed by atoms with E-state index in [2.05, 4.69) is 4.74 Å². The standard InChI is InChI=1S/C10H8N2O7/c11-4-7(13)19-10(16)6-3-1-2-5(9(14)15)8(6)12(17)18/h1-3H,4,11H2,(H,14,15). The molecule has 0 amide bonds. The summed E-state index contributed by atoms with van der Waals surface area (Å²) in [7, 11) is 0. The van der Waals surface area contributed by atoms with Gasteiger partial charge in [-0.15, -0.1) is 0 Å². The summed E-state index contributed by atoms with van der Waals surface area (Å²) in [5.41, 5.74) is 2.67. The van der Waals surface area contributed by atoms with Crippen LogP contribution in [-0.2, 0) is 9.53 Å². The molecule has 0 fully saturated rings. The minimum Gasteiger partial charge on any atom is -0.477 e. The number of carboxylic acids is 1. The van der Waals surface area contributed by atoms with Gasteiger partial charge in [0.1, 0.15) is 11.1 Å². The van der Waals surface area contributed by atoms with E-state index in [1.807, 2.05) is 0 Å². The van der Waals surface area contributed by atoms with Gasteiger partial charge in [-0.1, -0.05) is 6.07 Å². The van der Waals surface area contributed by atoms with Gasteiger partial charge in [0.25, 0.3) is 5.69 Å². The molecule has 100 valence electrons. The Kier molecular flexibility index (Phi) is 4.27. The summed E-state index contributed by atoms with van der Waals surface area (Å²) in [6.07, 6.45) is 0. The van der Waals surface area contributed by atoms with Gasteiger partial charge in [0, 0.05) is 0 Å². The number of benzene rings is 1. The zero-order chi connectivity index (χ0) is 14.6. The van der Waals surface area contributed by atoms with Crippen molar-refractivity contribution in [1.29, 1.82) is 0 Å². The first-order valence-corrected chi connectivity index (χ1v) is 4.84. The Hall–Kier alpha value is -2.81. The first kappa shape index (κ1) is 14.3. The molecule has 0 aliphatic heterocycles. The number of nitro groups is 1. The van der Waals surface area contributed by atoms with Crippen molar-refractivity contribution in [3.63, 3.8) is 0 Å². The van der Waals surface area contributed by atoms with Crippen molar-refractivity contribution in [3.05, 3.63) is 39.4 Å². The second kappa shape index (κ2) is 5.69. The van der Waals surface area contributed by atoms with Gasteiger partial charge in [-0.2, -0.15) is 0 Å². The molecule has 9 nitrogen and oxygen atoms in total. The maximum atomic E-state index is 11.5. The van der Waals surface area contributed by atoms with Gasteiger partial charge >= 0.3 is 17.9 Å². The predicted octanol–water partition coefficient (Wildman–Crippen LogP) is -0.0649. The van der Waals surface area contributed by atoms with E-state index in [9.17, 15) is 24.5 Å². The maximum Gasteiger partial charge on any atom is 0.352 e. The summed E-state index contributed by atoms with van der Waals surface area (Å²) in [4.78, 5) is 43.0. The molecule has 0 aliphatic rings. The summed E-state index contributed by atoms with van der Waals surface area (Å²) in [5.74, 6) is -3.99. The number of nitrogens with two attached hydrogens (primary N) is 1. The average molecular weight is 268 g/mol. The lowest BCUT2D eigenvalue weighted by Crippen LogP contribution is -2.21. The molecule has 0 atom stereocenters. The number of carbonyl (C=O) groups is 3. The third kappa shape index (κ3) is 3.10. The van der Waals surface area contributed by atoms with Gasteiger partial charge in [-0.25, -0.2) is 9.59 Å². The zero-order valence-corrected chi connectivity index (χ0v) is 9.36. The van der Waals surface area contributed by atoms with Crippen molar-refractivity contribution < 1.29 is 29.2 Å². The topological polar surface area (TPSA) is 150 Å². The quantitative estimate of drug-likeness (QED) is 0.333. The fourth-order valence-corrected chi connectivity index (χ4v) is 1.28. The van der Waals surface area contributed by atoms with E-state index in [-0.39, 0.29) is 0 Å². The third-order valence-electron chi connectivity index (χ3n) is 2.04. The normalized spacial score (nSPS) is 9.74. The summed E-state index contributed by atoms with van der Waals surface area (Å²) in [6, 6.07) is 3.07. The van der Waals surface area contributed by atoms with E-state index in [1.165, 1.54) is 0 Å². The minimum atomic E-state index is -1.58. The summed E-state index contributed by atoms with van der Waals surface area (Å²) in [6.45, 7) is -0.585. The molecule has 1 rings (SSSR count). The Morgan fingerprint density at radius 3 is 2.37 bits per heavy atom. The molecule has 3 N–H and O–H groups in total. The van der Waals surface area contributed by atoms with E-state index in [1.54, 1.807) is 0 Å². The van der Waals surface area contributed by atoms with Crippen molar-refractivity contribution in [1.82, 2.24) is 0 Å². The second-order valence-electron chi connectivity index (χ2n) is 3.23.